The quantitative estimate of drug-likeness (QED) is 0.231. The molecule has 4 nitrogen and oxygen atoms in total. The fourth-order valence-electron chi connectivity index (χ4n) is 3.40. The summed E-state index contributed by atoms with van der Waals surface area (Å²) < 4.78 is 0. The Morgan fingerprint density at radius 2 is 1.55 bits per heavy atom. The number of aromatic nitrogens is 2. The van der Waals surface area contributed by atoms with Crippen molar-refractivity contribution in [1.29, 1.82) is 10.5 Å². The van der Waals surface area contributed by atoms with Crippen LogP contribution in [0.1, 0.15) is 93.6 Å². The molecule has 31 heavy (non-hydrogen) atoms. The Balaban J connectivity index is 1.83. The van der Waals surface area contributed by atoms with Gasteiger partial charge in [0.1, 0.15) is 12.1 Å². The van der Waals surface area contributed by atoms with E-state index in [1.54, 1.807) is 11.8 Å². The minimum atomic E-state index is 0.433. The third-order valence-electron chi connectivity index (χ3n) is 5.39. The standard InChI is InChI=1S/C25H34N4S2/c1-4-5-6-7-8-9-10-11-12-13-14-30-22-15-21(17-26)23(18-27)24(16-22)31-25-28-19(2)20(3)29-25/h15-16H,4-14H2,1-3H3,(H,28,29). The summed E-state index contributed by atoms with van der Waals surface area (Å²) in [5.41, 5.74) is 2.85. The van der Waals surface area contributed by atoms with Crippen molar-refractivity contribution in [3.8, 4) is 12.1 Å². The Bertz CT molecular complexity index is 886. The molecule has 1 aromatic heterocycles. The molecule has 1 N–H and O–H groups in total. The predicted molar refractivity (Wildman–Crippen MR) is 131 cm³/mol. The van der Waals surface area contributed by atoms with E-state index in [4.69, 9.17) is 0 Å². The van der Waals surface area contributed by atoms with Gasteiger partial charge in [0, 0.05) is 15.5 Å². The predicted octanol–water partition coefficient (Wildman–Crippen LogP) is 7.93. The van der Waals surface area contributed by atoms with Crippen molar-refractivity contribution in [3.63, 3.8) is 0 Å². The summed E-state index contributed by atoms with van der Waals surface area (Å²) in [4.78, 5) is 9.59. The Morgan fingerprint density at radius 1 is 0.903 bits per heavy atom. The van der Waals surface area contributed by atoms with Crippen molar-refractivity contribution in [1.82, 2.24) is 9.97 Å². The summed E-state index contributed by atoms with van der Waals surface area (Å²) in [6.45, 7) is 6.20. The minimum Gasteiger partial charge on any atom is -0.337 e. The van der Waals surface area contributed by atoms with Crippen molar-refractivity contribution >= 4 is 23.5 Å². The van der Waals surface area contributed by atoms with E-state index in [2.05, 4.69) is 29.0 Å². The van der Waals surface area contributed by atoms with Crippen molar-refractivity contribution in [2.75, 3.05) is 5.75 Å². The molecule has 0 bridgehead atoms. The van der Waals surface area contributed by atoms with Crippen LogP contribution < -0.4 is 0 Å². The molecule has 0 unspecified atom stereocenters. The summed E-state index contributed by atoms with van der Waals surface area (Å²) in [5, 5.41) is 19.9. The second-order valence-corrected chi connectivity index (χ2v) is 10.2. The van der Waals surface area contributed by atoms with Gasteiger partial charge in [0.05, 0.1) is 16.8 Å². The molecular formula is C25H34N4S2. The number of hydrogen-bond donors (Lipinski definition) is 1. The van der Waals surface area contributed by atoms with Crippen LogP contribution in [0, 0.1) is 36.5 Å². The third kappa shape index (κ3) is 8.63. The van der Waals surface area contributed by atoms with Gasteiger partial charge in [-0.3, -0.25) is 0 Å². The van der Waals surface area contributed by atoms with E-state index in [0.717, 1.165) is 32.1 Å². The van der Waals surface area contributed by atoms with E-state index in [-0.39, 0.29) is 0 Å². The van der Waals surface area contributed by atoms with Gasteiger partial charge in [-0.2, -0.15) is 10.5 Å². The lowest BCUT2D eigenvalue weighted by Gasteiger charge is -2.08. The number of rotatable bonds is 14. The second kappa shape index (κ2) is 14.2. The van der Waals surface area contributed by atoms with Crippen LogP contribution in [0.4, 0.5) is 0 Å². The van der Waals surface area contributed by atoms with Crippen molar-refractivity contribution in [2.45, 2.75) is 99.9 Å². The van der Waals surface area contributed by atoms with Gasteiger partial charge in [-0.25, -0.2) is 4.98 Å². The number of nitrogens with zero attached hydrogens (tertiary/aromatic N) is 3. The van der Waals surface area contributed by atoms with Crippen LogP contribution in [0.25, 0.3) is 0 Å². The minimum absolute atomic E-state index is 0.433. The fraction of sp³-hybridized carbons (Fsp3) is 0.560. The molecule has 6 heteroatoms. The first-order valence-corrected chi connectivity index (χ1v) is 13.2. The van der Waals surface area contributed by atoms with Gasteiger partial charge < -0.3 is 4.98 Å². The molecule has 2 aromatic rings. The molecule has 0 spiro atoms. The Labute approximate surface area is 196 Å². The van der Waals surface area contributed by atoms with Crippen molar-refractivity contribution in [3.05, 3.63) is 34.6 Å². The lowest BCUT2D eigenvalue weighted by Crippen LogP contribution is -1.91. The number of aromatic amines is 1. The molecule has 0 aliphatic heterocycles. The average Bonchev–Trinajstić information content (AvgIpc) is 3.08. The molecule has 2 rings (SSSR count). The molecule has 1 heterocycles. The summed E-state index contributed by atoms with van der Waals surface area (Å²) in [6, 6.07) is 8.27. The van der Waals surface area contributed by atoms with Gasteiger partial charge in [-0.1, -0.05) is 76.5 Å². The summed E-state index contributed by atoms with van der Waals surface area (Å²) in [5.74, 6) is 1.04. The first kappa shape index (κ1) is 25.4. The maximum Gasteiger partial charge on any atom is 0.170 e. The zero-order valence-electron chi connectivity index (χ0n) is 19.1. The number of nitrogens with one attached hydrogen (secondary N) is 1. The topological polar surface area (TPSA) is 76.3 Å². The maximum atomic E-state index is 9.58. The average molecular weight is 455 g/mol. The largest absolute Gasteiger partial charge is 0.337 e. The van der Waals surface area contributed by atoms with Crippen LogP contribution in [-0.2, 0) is 0 Å². The molecular weight excluding hydrogens is 420 g/mol. The number of benzene rings is 1. The number of aryl methyl sites for hydroxylation is 2. The molecule has 0 aliphatic carbocycles. The Kier molecular flexibility index (Phi) is 11.6. The van der Waals surface area contributed by atoms with Crippen molar-refractivity contribution in [2.24, 2.45) is 0 Å². The highest BCUT2D eigenvalue weighted by molar-refractivity contribution is 8.00. The highest BCUT2D eigenvalue weighted by Crippen LogP contribution is 2.34. The number of imidazole rings is 1. The van der Waals surface area contributed by atoms with Crippen LogP contribution in [0.5, 0.6) is 0 Å². The van der Waals surface area contributed by atoms with Crippen LogP contribution in [0.2, 0.25) is 0 Å². The SMILES string of the molecule is CCCCCCCCCCCCSc1cc(C#N)c(C#N)c(Sc2nc(C)c(C)[nH]2)c1. The maximum absolute atomic E-state index is 9.58. The first-order chi connectivity index (χ1) is 15.1. The van der Waals surface area contributed by atoms with E-state index < -0.39 is 0 Å². The molecule has 0 aliphatic rings. The number of thioether (sulfide) groups is 1. The number of hydrogen-bond acceptors (Lipinski definition) is 5. The Hall–Kier alpha value is -1.89. The highest BCUT2D eigenvalue weighted by atomic mass is 32.2. The van der Waals surface area contributed by atoms with E-state index in [1.165, 1.54) is 76.0 Å². The first-order valence-electron chi connectivity index (χ1n) is 11.4. The zero-order valence-corrected chi connectivity index (χ0v) is 20.7. The summed E-state index contributed by atoms with van der Waals surface area (Å²) >= 11 is 3.20. The Morgan fingerprint density at radius 3 is 2.10 bits per heavy atom. The smallest absolute Gasteiger partial charge is 0.170 e. The molecule has 0 saturated carbocycles. The zero-order chi connectivity index (χ0) is 22.5. The molecule has 0 saturated heterocycles. The van der Waals surface area contributed by atoms with E-state index in [1.807, 2.05) is 26.0 Å². The lowest BCUT2D eigenvalue weighted by atomic mass is 10.1. The van der Waals surface area contributed by atoms with Crippen LogP contribution in [0.3, 0.4) is 0 Å². The van der Waals surface area contributed by atoms with Crippen LogP contribution in [-0.4, -0.2) is 15.7 Å². The summed E-state index contributed by atoms with van der Waals surface area (Å²) in [7, 11) is 0. The molecule has 166 valence electrons. The van der Waals surface area contributed by atoms with Gasteiger partial charge in [-0.15, -0.1) is 11.8 Å². The van der Waals surface area contributed by atoms with Crippen molar-refractivity contribution < 1.29 is 0 Å². The lowest BCUT2D eigenvalue weighted by molar-refractivity contribution is 0.563. The molecule has 0 amide bonds. The normalized spacial score (nSPS) is 10.7. The number of H-pyrrole nitrogens is 1. The van der Waals surface area contributed by atoms with E-state index in [0.29, 0.717) is 11.1 Å². The van der Waals surface area contributed by atoms with Gasteiger partial charge in [-0.05, 0) is 38.2 Å². The molecule has 1 aromatic carbocycles. The molecule has 0 fully saturated rings. The van der Waals surface area contributed by atoms with Gasteiger partial charge in [0.15, 0.2) is 5.16 Å². The van der Waals surface area contributed by atoms with Gasteiger partial charge in [0.2, 0.25) is 0 Å². The second-order valence-electron chi connectivity index (χ2n) is 7.95. The van der Waals surface area contributed by atoms with Gasteiger partial charge in [0.25, 0.3) is 0 Å². The fourth-order valence-corrected chi connectivity index (χ4v) is 5.50. The molecule has 0 radical (unpaired) electrons. The number of nitriles is 2. The number of unbranched alkanes of at least 4 members (excludes halogenated alkanes) is 9. The van der Waals surface area contributed by atoms with E-state index >= 15 is 0 Å². The van der Waals surface area contributed by atoms with Crippen LogP contribution >= 0.6 is 23.5 Å². The summed E-state index contributed by atoms with van der Waals surface area (Å²) in [6.07, 6.45) is 13.3. The molecule has 0 atom stereocenters. The third-order valence-corrected chi connectivity index (χ3v) is 7.38. The van der Waals surface area contributed by atoms with Crippen LogP contribution in [0.15, 0.2) is 27.1 Å². The highest BCUT2D eigenvalue weighted by Gasteiger charge is 2.14. The monoisotopic (exact) mass is 454 g/mol. The van der Waals surface area contributed by atoms with E-state index in [9.17, 15) is 10.5 Å². The van der Waals surface area contributed by atoms with Gasteiger partial charge >= 0.3 is 0 Å².